The lowest BCUT2D eigenvalue weighted by Gasteiger charge is -2.34. The smallest absolute Gasteiger partial charge is 0.0976 e. The van der Waals surface area contributed by atoms with Crippen LogP contribution < -0.4 is 4.72 Å². The molecule has 0 saturated carbocycles. The number of hydrogen-bond donors (Lipinski definition) is 2. The molecular weight excluding hydrogens is 258 g/mol. The van der Waals surface area contributed by atoms with Crippen LogP contribution in [0.3, 0.4) is 0 Å². The number of benzene rings is 1. The number of rotatable bonds is 3. The summed E-state index contributed by atoms with van der Waals surface area (Å²) in [7, 11) is -1.13. The number of aliphatic hydroxyl groups excluding tert-OH is 1. The first kappa shape index (κ1) is 14.7. The molecule has 0 radical (unpaired) electrons. The van der Waals surface area contributed by atoms with Crippen LogP contribution in [0.1, 0.15) is 44.4 Å². The first-order valence-corrected chi connectivity index (χ1v) is 7.95. The third kappa shape index (κ3) is 3.25. The minimum Gasteiger partial charge on any atom is -0.396 e. The lowest BCUT2D eigenvalue weighted by atomic mass is 9.80. The minimum atomic E-state index is -1.13. The molecule has 0 saturated heterocycles. The van der Waals surface area contributed by atoms with Crippen molar-refractivity contribution in [2.24, 2.45) is 5.92 Å². The Morgan fingerprint density at radius 1 is 1.37 bits per heavy atom. The largest absolute Gasteiger partial charge is 0.396 e. The molecule has 2 N–H and O–H groups in total. The van der Waals surface area contributed by atoms with Crippen LogP contribution in [-0.2, 0) is 17.4 Å². The van der Waals surface area contributed by atoms with E-state index in [1.807, 2.05) is 32.9 Å². The van der Waals surface area contributed by atoms with E-state index in [0.717, 1.165) is 12.8 Å². The van der Waals surface area contributed by atoms with Crippen LogP contribution >= 0.6 is 0 Å². The fraction of sp³-hybridized carbons (Fsp3) is 0.600. The summed E-state index contributed by atoms with van der Waals surface area (Å²) in [5.74, 6) is 0.140. The van der Waals surface area contributed by atoms with E-state index in [0.29, 0.717) is 0 Å². The molecule has 0 bridgehead atoms. The Kier molecular flexibility index (Phi) is 4.43. The van der Waals surface area contributed by atoms with Crippen molar-refractivity contribution in [2.45, 2.75) is 44.4 Å². The fourth-order valence-corrected chi connectivity index (χ4v) is 3.38. The maximum absolute atomic E-state index is 12.3. The molecule has 0 aliphatic heterocycles. The summed E-state index contributed by atoms with van der Waals surface area (Å²) in [4.78, 5) is 0. The lowest BCUT2D eigenvalue weighted by Crippen LogP contribution is -2.41. The predicted octanol–water partition coefficient (Wildman–Crippen LogP) is 2.33. The lowest BCUT2D eigenvalue weighted by molar-refractivity contribution is 0.184. The molecule has 19 heavy (non-hydrogen) atoms. The zero-order chi connectivity index (χ0) is 14.0. The second-order valence-electron chi connectivity index (χ2n) is 6.16. The zero-order valence-corrected chi connectivity index (χ0v) is 12.7. The maximum Gasteiger partial charge on any atom is 0.0976 e. The van der Waals surface area contributed by atoms with Crippen molar-refractivity contribution in [3.05, 3.63) is 35.4 Å². The van der Waals surface area contributed by atoms with Crippen molar-refractivity contribution in [1.29, 1.82) is 0 Å². The summed E-state index contributed by atoms with van der Waals surface area (Å²) in [6.07, 6.45) is 1.92. The first-order chi connectivity index (χ1) is 8.93. The Labute approximate surface area is 118 Å². The number of hydrogen-bond acceptors (Lipinski definition) is 2. The number of aryl methyl sites for hydroxylation is 1. The van der Waals surface area contributed by atoms with Crippen LogP contribution in [0, 0.1) is 5.92 Å². The molecule has 2 rings (SSSR count). The van der Waals surface area contributed by atoms with Crippen molar-refractivity contribution >= 4 is 11.0 Å². The summed E-state index contributed by atoms with van der Waals surface area (Å²) >= 11 is 0. The van der Waals surface area contributed by atoms with Crippen LogP contribution in [0.2, 0.25) is 0 Å². The number of fused-ring (bicyclic) bond motifs is 1. The molecule has 106 valence electrons. The van der Waals surface area contributed by atoms with Crippen LogP contribution in [0.4, 0.5) is 0 Å². The van der Waals surface area contributed by atoms with E-state index in [9.17, 15) is 9.32 Å². The van der Waals surface area contributed by atoms with Gasteiger partial charge in [0.1, 0.15) is 0 Å². The molecule has 3 nitrogen and oxygen atoms in total. The van der Waals surface area contributed by atoms with E-state index < -0.39 is 11.0 Å². The third-order valence-electron chi connectivity index (χ3n) is 3.67. The van der Waals surface area contributed by atoms with Crippen molar-refractivity contribution in [3.63, 3.8) is 0 Å². The highest BCUT2D eigenvalue weighted by atomic mass is 32.2. The SMILES string of the molecule is CC(C)(C)[S@](=O)N[C@@H]1c2ccccc2CC[C@H]1CO. The van der Waals surface area contributed by atoms with Crippen molar-refractivity contribution in [1.82, 2.24) is 4.72 Å². The molecule has 3 atom stereocenters. The van der Waals surface area contributed by atoms with E-state index in [4.69, 9.17) is 0 Å². The molecule has 0 fully saturated rings. The predicted molar refractivity (Wildman–Crippen MR) is 79.1 cm³/mol. The molecular formula is C15H23NO2S. The van der Waals surface area contributed by atoms with Gasteiger partial charge >= 0.3 is 0 Å². The van der Waals surface area contributed by atoms with Crippen molar-refractivity contribution < 1.29 is 9.32 Å². The highest BCUT2D eigenvalue weighted by molar-refractivity contribution is 7.84. The first-order valence-electron chi connectivity index (χ1n) is 6.80. The standard InChI is InChI=1S/C15H23NO2S/c1-15(2,3)19(18)16-14-12(10-17)9-8-11-6-4-5-7-13(11)14/h4-7,12,14,16-17H,8-10H2,1-3H3/t12-,14-,19-/m0/s1. The second-order valence-corrected chi connectivity index (χ2v) is 8.15. The van der Waals surface area contributed by atoms with E-state index in [1.54, 1.807) is 0 Å². The molecule has 0 aromatic heterocycles. The fourth-order valence-electron chi connectivity index (χ4n) is 2.48. The number of aliphatic hydroxyl groups is 1. The molecule has 1 aliphatic carbocycles. The Hall–Kier alpha value is -0.710. The van der Waals surface area contributed by atoms with Crippen LogP contribution in [0.15, 0.2) is 24.3 Å². The van der Waals surface area contributed by atoms with Crippen molar-refractivity contribution in [3.8, 4) is 0 Å². The zero-order valence-electron chi connectivity index (χ0n) is 11.8. The summed E-state index contributed by atoms with van der Waals surface area (Å²) in [5.41, 5.74) is 2.49. The molecule has 4 heteroatoms. The van der Waals surface area contributed by atoms with Gasteiger partial charge in [-0.25, -0.2) is 8.93 Å². The monoisotopic (exact) mass is 281 g/mol. The summed E-state index contributed by atoms with van der Waals surface area (Å²) in [6, 6.07) is 8.23. The number of nitrogens with one attached hydrogen (secondary N) is 1. The van der Waals surface area contributed by atoms with Crippen LogP contribution in [0.25, 0.3) is 0 Å². The van der Waals surface area contributed by atoms with Crippen LogP contribution in [-0.4, -0.2) is 20.7 Å². The highest BCUT2D eigenvalue weighted by Crippen LogP contribution is 2.35. The average molecular weight is 281 g/mol. The summed E-state index contributed by atoms with van der Waals surface area (Å²) in [5, 5.41) is 9.56. The maximum atomic E-state index is 12.3. The molecule has 0 heterocycles. The molecule has 1 aliphatic rings. The van der Waals surface area contributed by atoms with Gasteiger partial charge in [-0.3, -0.25) is 0 Å². The topological polar surface area (TPSA) is 49.3 Å². The molecule has 0 spiro atoms. The Bertz CT molecular complexity index is 467. The van der Waals surface area contributed by atoms with Gasteiger partial charge in [-0.05, 0) is 44.7 Å². The average Bonchev–Trinajstić information content (AvgIpc) is 2.38. The quantitative estimate of drug-likeness (QED) is 0.893. The van der Waals surface area contributed by atoms with Crippen molar-refractivity contribution in [2.75, 3.05) is 6.61 Å². The van der Waals surface area contributed by atoms with Gasteiger partial charge in [0, 0.05) is 18.6 Å². The van der Waals surface area contributed by atoms with Crippen LogP contribution in [0.5, 0.6) is 0 Å². The van der Waals surface area contributed by atoms with E-state index in [-0.39, 0.29) is 23.3 Å². The Morgan fingerprint density at radius 3 is 2.68 bits per heavy atom. The normalized spacial score (nSPS) is 24.8. The van der Waals surface area contributed by atoms with E-state index in [2.05, 4.69) is 16.9 Å². The Morgan fingerprint density at radius 2 is 2.05 bits per heavy atom. The molecule has 0 amide bonds. The van der Waals surface area contributed by atoms with Gasteiger partial charge in [-0.1, -0.05) is 24.3 Å². The van der Waals surface area contributed by atoms with E-state index in [1.165, 1.54) is 11.1 Å². The van der Waals surface area contributed by atoms with Gasteiger partial charge in [-0.2, -0.15) is 0 Å². The van der Waals surface area contributed by atoms with Gasteiger partial charge in [0.15, 0.2) is 0 Å². The summed E-state index contributed by atoms with van der Waals surface area (Å²) in [6.45, 7) is 6.00. The van der Waals surface area contributed by atoms with Gasteiger partial charge < -0.3 is 5.11 Å². The van der Waals surface area contributed by atoms with Gasteiger partial charge in [0.05, 0.1) is 15.7 Å². The van der Waals surface area contributed by atoms with Gasteiger partial charge in [0.25, 0.3) is 0 Å². The minimum absolute atomic E-state index is 0.0185. The summed E-state index contributed by atoms with van der Waals surface area (Å²) < 4.78 is 15.3. The molecule has 1 aromatic carbocycles. The van der Waals surface area contributed by atoms with E-state index >= 15 is 0 Å². The van der Waals surface area contributed by atoms with Gasteiger partial charge in [-0.15, -0.1) is 0 Å². The second kappa shape index (κ2) is 5.73. The highest BCUT2D eigenvalue weighted by Gasteiger charge is 2.32. The Balaban J connectivity index is 2.27. The van der Waals surface area contributed by atoms with Gasteiger partial charge in [0.2, 0.25) is 0 Å². The molecule has 0 unspecified atom stereocenters. The molecule has 1 aromatic rings. The third-order valence-corrected chi connectivity index (χ3v) is 5.25.